The molecule has 1 saturated heterocycles. The van der Waals surface area contributed by atoms with E-state index in [4.69, 9.17) is 10.2 Å². The molecule has 0 saturated carbocycles. The van der Waals surface area contributed by atoms with E-state index in [0.29, 0.717) is 12.8 Å². The number of hydrogen-bond acceptors (Lipinski definition) is 3. The molecule has 0 bridgehead atoms. The summed E-state index contributed by atoms with van der Waals surface area (Å²) >= 11 is 0. The van der Waals surface area contributed by atoms with Crippen LogP contribution in [0.15, 0.2) is 12.2 Å². The van der Waals surface area contributed by atoms with Crippen molar-refractivity contribution in [1.82, 2.24) is 0 Å². The second kappa shape index (κ2) is 21.4. The van der Waals surface area contributed by atoms with Crippen LogP contribution in [0.5, 0.6) is 0 Å². The molecule has 0 aliphatic carbocycles. The second-order valence-electron chi connectivity index (χ2n) is 7.53. The van der Waals surface area contributed by atoms with Gasteiger partial charge in [-0.25, -0.2) is 0 Å². The van der Waals surface area contributed by atoms with E-state index >= 15 is 0 Å². The van der Waals surface area contributed by atoms with Crippen molar-refractivity contribution in [2.24, 2.45) is 5.92 Å². The molecule has 1 unspecified atom stereocenters. The standard InChI is InChI=1S/C21H40O3.C2H4O/c1-2-3-4-5-6-7-8-9-10-11-12-13-14-15-17-20(21(23)24)18-16-19-22;1-2-3-1/h9-10,20,22H,2-8,11-19H2,1H3,(H,23,24);1-2H2/b10-9-;. The summed E-state index contributed by atoms with van der Waals surface area (Å²) in [5.74, 6) is -0.976. The minimum Gasteiger partial charge on any atom is -0.481 e. The van der Waals surface area contributed by atoms with Gasteiger partial charge in [0.1, 0.15) is 0 Å². The molecule has 0 amide bonds. The third kappa shape index (κ3) is 23.1. The maximum absolute atomic E-state index is 11.1. The predicted molar refractivity (Wildman–Crippen MR) is 113 cm³/mol. The molecule has 0 aromatic heterocycles. The van der Waals surface area contributed by atoms with Crippen molar-refractivity contribution >= 4 is 5.97 Å². The molecule has 4 heteroatoms. The predicted octanol–water partition coefficient (Wildman–Crippen LogP) is 6.12. The normalized spacial score (nSPS) is 14.0. The zero-order chi connectivity index (χ0) is 20.0. The number of aliphatic hydroxyl groups is 1. The highest BCUT2D eigenvalue weighted by molar-refractivity contribution is 5.69. The van der Waals surface area contributed by atoms with Crippen molar-refractivity contribution in [3.05, 3.63) is 12.2 Å². The lowest BCUT2D eigenvalue weighted by Gasteiger charge is -2.10. The van der Waals surface area contributed by atoms with Crippen LogP contribution in [0.3, 0.4) is 0 Å². The van der Waals surface area contributed by atoms with Gasteiger partial charge in [-0.3, -0.25) is 4.79 Å². The Balaban J connectivity index is 0.00000203. The van der Waals surface area contributed by atoms with Crippen LogP contribution < -0.4 is 0 Å². The van der Waals surface area contributed by atoms with Gasteiger partial charge < -0.3 is 14.9 Å². The molecule has 0 spiro atoms. The number of allylic oxidation sites excluding steroid dienone is 2. The van der Waals surface area contributed by atoms with Crippen LogP contribution in [0.4, 0.5) is 0 Å². The molecule has 0 aromatic rings. The molecule has 160 valence electrons. The molecule has 1 aliphatic heterocycles. The lowest BCUT2D eigenvalue weighted by molar-refractivity contribution is -0.142. The summed E-state index contributed by atoms with van der Waals surface area (Å²) < 4.78 is 4.50. The minimum absolute atomic E-state index is 0.0921. The van der Waals surface area contributed by atoms with Gasteiger partial charge in [0.2, 0.25) is 0 Å². The maximum Gasteiger partial charge on any atom is 0.306 e. The van der Waals surface area contributed by atoms with E-state index in [2.05, 4.69) is 23.8 Å². The number of epoxide rings is 1. The van der Waals surface area contributed by atoms with Crippen molar-refractivity contribution < 1.29 is 19.7 Å². The first kappa shape index (κ1) is 26.1. The van der Waals surface area contributed by atoms with Crippen LogP contribution in [0.25, 0.3) is 0 Å². The molecular weight excluding hydrogens is 340 g/mol. The van der Waals surface area contributed by atoms with E-state index in [1.807, 2.05) is 0 Å². The van der Waals surface area contributed by atoms with Gasteiger partial charge in [0.25, 0.3) is 0 Å². The van der Waals surface area contributed by atoms with Gasteiger partial charge in [-0.1, -0.05) is 70.4 Å². The molecule has 0 radical (unpaired) electrons. The van der Waals surface area contributed by atoms with Gasteiger partial charge in [-0.15, -0.1) is 0 Å². The van der Waals surface area contributed by atoms with Crippen molar-refractivity contribution in [2.45, 2.75) is 103 Å². The molecular formula is C23H44O4. The van der Waals surface area contributed by atoms with Crippen molar-refractivity contribution in [3.8, 4) is 0 Å². The largest absolute Gasteiger partial charge is 0.481 e. The van der Waals surface area contributed by atoms with Gasteiger partial charge in [0.05, 0.1) is 19.1 Å². The molecule has 1 atom stereocenters. The molecule has 27 heavy (non-hydrogen) atoms. The van der Waals surface area contributed by atoms with Gasteiger partial charge in [0.15, 0.2) is 0 Å². The smallest absolute Gasteiger partial charge is 0.306 e. The van der Waals surface area contributed by atoms with Crippen molar-refractivity contribution in [3.63, 3.8) is 0 Å². The van der Waals surface area contributed by atoms with E-state index in [9.17, 15) is 4.79 Å². The highest BCUT2D eigenvalue weighted by Crippen LogP contribution is 2.17. The van der Waals surface area contributed by atoms with Gasteiger partial charge in [-0.2, -0.15) is 0 Å². The minimum atomic E-state index is -0.707. The molecule has 1 fully saturated rings. The molecule has 0 aromatic carbocycles. The lowest BCUT2D eigenvalue weighted by Crippen LogP contribution is -2.14. The van der Waals surface area contributed by atoms with Gasteiger partial charge in [0, 0.05) is 6.61 Å². The first-order valence-electron chi connectivity index (χ1n) is 11.3. The highest BCUT2D eigenvalue weighted by atomic mass is 16.6. The van der Waals surface area contributed by atoms with Crippen LogP contribution >= 0.6 is 0 Å². The van der Waals surface area contributed by atoms with E-state index in [1.165, 1.54) is 57.8 Å². The fourth-order valence-electron chi connectivity index (χ4n) is 3.01. The van der Waals surface area contributed by atoms with E-state index in [0.717, 1.165) is 38.9 Å². The van der Waals surface area contributed by atoms with Crippen molar-refractivity contribution in [2.75, 3.05) is 19.8 Å². The number of ether oxygens (including phenoxy) is 1. The van der Waals surface area contributed by atoms with Crippen LogP contribution in [0.1, 0.15) is 103 Å². The Morgan fingerprint density at radius 1 is 0.852 bits per heavy atom. The third-order valence-electron chi connectivity index (χ3n) is 4.83. The first-order chi connectivity index (χ1) is 13.2. The average Bonchev–Trinajstić information content (AvgIpc) is 3.53. The highest BCUT2D eigenvalue weighted by Gasteiger charge is 2.15. The van der Waals surface area contributed by atoms with E-state index < -0.39 is 5.97 Å². The molecule has 1 aliphatic rings. The lowest BCUT2D eigenvalue weighted by atomic mass is 9.96. The van der Waals surface area contributed by atoms with Gasteiger partial charge in [-0.05, 0) is 44.9 Å². The van der Waals surface area contributed by atoms with Gasteiger partial charge >= 0.3 is 5.97 Å². The van der Waals surface area contributed by atoms with Crippen LogP contribution in [-0.4, -0.2) is 36.0 Å². The van der Waals surface area contributed by atoms with Crippen LogP contribution in [0, 0.1) is 5.92 Å². The SMILES string of the molecule is C1CO1.CCCCCCCC/C=C\CCCCCCC(CCCO)C(=O)O. The summed E-state index contributed by atoms with van der Waals surface area (Å²) in [6.45, 7) is 4.35. The topological polar surface area (TPSA) is 70.1 Å². The summed E-state index contributed by atoms with van der Waals surface area (Å²) in [5, 5.41) is 17.9. The van der Waals surface area contributed by atoms with Crippen LogP contribution in [-0.2, 0) is 9.53 Å². The number of aliphatic carboxylic acids is 1. The Hall–Kier alpha value is -0.870. The quantitative estimate of drug-likeness (QED) is 0.169. The van der Waals surface area contributed by atoms with Crippen LogP contribution in [0.2, 0.25) is 0 Å². The Labute approximate surface area is 167 Å². The summed E-state index contributed by atoms with van der Waals surface area (Å²) in [4.78, 5) is 11.1. The Morgan fingerprint density at radius 3 is 1.81 bits per heavy atom. The number of rotatable bonds is 18. The Bertz CT molecular complexity index is 337. The fourth-order valence-corrected chi connectivity index (χ4v) is 3.01. The zero-order valence-corrected chi connectivity index (χ0v) is 17.7. The summed E-state index contributed by atoms with van der Waals surface area (Å²) in [6, 6.07) is 0. The number of carboxylic acid groups (broad SMARTS) is 1. The van der Waals surface area contributed by atoms with E-state index in [1.54, 1.807) is 0 Å². The fraction of sp³-hybridized carbons (Fsp3) is 0.870. The summed E-state index contributed by atoms with van der Waals surface area (Å²) in [6.07, 6.45) is 21.6. The summed E-state index contributed by atoms with van der Waals surface area (Å²) in [5.41, 5.74) is 0. The average molecular weight is 385 g/mol. The first-order valence-corrected chi connectivity index (χ1v) is 11.3. The summed E-state index contributed by atoms with van der Waals surface area (Å²) in [7, 11) is 0. The molecule has 4 nitrogen and oxygen atoms in total. The maximum atomic E-state index is 11.1. The monoisotopic (exact) mass is 384 g/mol. The second-order valence-corrected chi connectivity index (χ2v) is 7.53. The van der Waals surface area contributed by atoms with Crippen molar-refractivity contribution in [1.29, 1.82) is 0 Å². The molecule has 1 heterocycles. The third-order valence-corrected chi connectivity index (χ3v) is 4.83. The number of carboxylic acids is 1. The molecule has 1 rings (SSSR count). The van der Waals surface area contributed by atoms with E-state index in [-0.39, 0.29) is 12.5 Å². The Kier molecular flexibility index (Phi) is 20.7. The number of aliphatic hydroxyl groups excluding tert-OH is 1. The number of unbranched alkanes of at least 4 members (excludes halogenated alkanes) is 10. The number of hydrogen-bond donors (Lipinski definition) is 2. The Morgan fingerprint density at radius 2 is 1.33 bits per heavy atom. The number of carbonyl (C=O) groups is 1. The molecule has 2 N–H and O–H groups in total. The zero-order valence-electron chi connectivity index (χ0n) is 17.7.